The predicted octanol–water partition coefficient (Wildman–Crippen LogP) is 2.79. The van der Waals surface area contributed by atoms with Crippen LogP contribution in [0.25, 0.3) is 0 Å². The molecule has 0 heterocycles. The molecule has 1 rings (SSSR count). The summed E-state index contributed by atoms with van der Waals surface area (Å²) in [6.45, 7) is 8.28. The Kier molecular flexibility index (Phi) is 10.1. The van der Waals surface area contributed by atoms with Gasteiger partial charge in [0.15, 0.2) is 11.5 Å². The molecule has 1 aromatic rings. The van der Waals surface area contributed by atoms with Crippen LogP contribution in [0.1, 0.15) is 65.4 Å². The summed E-state index contributed by atoms with van der Waals surface area (Å²) in [5.41, 5.74) is 6.42. The van der Waals surface area contributed by atoms with Gasteiger partial charge in [-0.25, -0.2) is 0 Å². The molecule has 4 atom stereocenters. The number of ether oxygens (including phenoxy) is 3. The fraction of sp³-hybridized carbons (Fsp3) is 0.545. The van der Waals surface area contributed by atoms with Gasteiger partial charge in [-0.05, 0) is 24.6 Å². The molecule has 0 radical (unpaired) electrons. The molecule has 172 valence electrons. The van der Waals surface area contributed by atoms with Crippen molar-refractivity contribution in [3.63, 3.8) is 0 Å². The number of carboxylic acids is 1. The minimum Gasteiger partial charge on any atom is -0.480 e. The predicted molar refractivity (Wildman–Crippen MR) is 112 cm³/mol. The van der Waals surface area contributed by atoms with E-state index in [9.17, 15) is 24.3 Å². The maximum absolute atomic E-state index is 11.9. The lowest BCUT2D eigenvalue weighted by Gasteiger charge is -2.31. The van der Waals surface area contributed by atoms with Gasteiger partial charge in [-0.2, -0.15) is 0 Å². The fourth-order valence-corrected chi connectivity index (χ4v) is 2.97. The van der Waals surface area contributed by atoms with E-state index in [1.807, 2.05) is 0 Å². The highest BCUT2D eigenvalue weighted by Gasteiger charge is 2.35. The minimum atomic E-state index is -1.32. The van der Waals surface area contributed by atoms with E-state index in [2.05, 4.69) is 0 Å². The van der Waals surface area contributed by atoms with E-state index in [4.69, 9.17) is 19.9 Å². The zero-order valence-corrected chi connectivity index (χ0v) is 18.5. The molecule has 0 amide bonds. The standard InChI is InChI=1S/C22H31NO8/c1-6-17(24)29-13(5)12(4)20(21(23)22(27)28)14-9-10-15(30-18(25)7-2)16(11-14)31-19(26)8-3/h9-13,20-21H,6-8,23H2,1-5H3,(H,27,28)/t12?,13?,20?,21-/m0/s1. The summed E-state index contributed by atoms with van der Waals surface area (Å²) in [5, 5.41) is 9.54. The normalized spacial score (nSPS) is 14.6. The second-order valence-corrected chi connectivity index (χ2v) is 7.16. The van der Waals surface area contributed by atoms with E-state index >= 15 is 0 Å². The van der Waals surface area contributed by atoms with Crippen molar-refractivity contribution < 1.29 is 38.5 Å². The SMILES string of the molecule is CCC(=O)Oc1ccc(C(C(C)C(C)OC(=O)CC)[C@H](N)C(=O)O)cc1OC(=O)CC. The van der Waals surface area contributed by atoms with Crippen LogP contribution >= 0.6 is 0 Å². The molecule has 3 unspecified atom stereocenters. The van der Waals surface area contributed by atoms with Gasteiger partial charge in [0.2, 0.25) is 0 Å². The van der Waals surface area contributed by atoms with E-state index in [1.165, 1.54) is 12.1 Å². The average molecular weight is 437 g/mol. The molecular weight excluding hydrogens is 406 g/mol. The van der Waals surface area contributed by atoms with Gasteiger partial charge in [0.1, 0.15) is 12.1 Å². The molecule has 1 aromatic carbocycles. The van der Waals surface area contributed by atoms with Gasteiger partial charge in [0.25, 0.3) is 0 Å². The lowest BCUT2D eigenvalue weighted by molar-refractivity contribution is -0.151. The minimum absolute atomic E-state index is 0.0147. The Balaban J connectivity index is 3.43. The Hall–Kier alpha value is -2.94. The number of aliphatic carboxylic acids is 1. The highest BCUT2D eigenvalue weighted by atomic mass is 16.6. The molecule has 0 saturated heterocycles. The van der Waals surface area contributed by atoms with Gasteiger partial charge in [-0.3, -0.25) is 19.2 Å². The van der Waals surface area contributed by atoms with Crippen molar-refractivity contribution in [1.29, 1.82) is 0 Å². The second-order valence-electron chi connectivity index (χ2n) is 7.16. The first kappa shape index (κ1) is 26.1. The van der Waals surface area contributed by atoms with Gasteiger partial charge in [0.05, 0.1) is 0 Å². The van der Waals surface area contributed by atoms with E-state index in [0.717, 1.165) is 0 Å². The summed E-state index contributed by atoms with van der Waals surface area (Å²) >= 11 is 0. The summed E-state index contributed by atoms with van der Waals surface area (Å²) in [6, 6.07) is 3.10. The summed E-state index contributed by atoms with van der Waals surface area (Å²) in [6.07, 6.45) is -0.236. The summed E-state index contributed by atoms with van der Waals surface area (Å²) < 4.78 is 15.9. The van der Waals surface area contributed by atoms with Crippen LogP contribution in [0.15, 0.2) is 18.2 Å². The third kappa shape index (κ3) is 7.36. The van der Waals surface area contributed by atoms with E-state index in [1.54, 1.807) is 40.7 Å². The molecular formula is C22H31NO8. The van der Waals surface area contributed by atoms with Crippen molar-refractivity contribution in [1.82, 2.24) is 0 Å². The van der Waals surface area contributed by atoms with Crippen LogP contribution in [0.4, 0.5) is 0 Å². The molecule has 9 heteroatoms. The Morgan fingerprint density at radius 2 is 1.42 bits per heavy atom. The zero-order valence-electron chi connectivity index (χ0n) is 18.5. The molecule has 3 N–H and O–H groups in total. The number of hydrogen-bond acceptors (Lipinski definition) is 8. The third-order valence-electron chi connectivity index (χ3n) is 4.96. The van der Waals surface area contributed by atoms with Crippen LogP contribution in [-0.4, -0.2) is 41.1 Å². The van der Waals surface area contributed by atoms with Crippen molar-refractivity contribution in [2.75, 3.05) is 0 Å². The van der Waals surface area contributed by atoms with Gasteiger partial charge in [0, 0.05) is 31.1 Å². The fourth-order valence-electron chi connectivity index (χ4n) is 2.97. The van der Waals surface area contributed by atoms with Crippen molar-refractivity contribution in [2.24, 2.45) is 11.7 Å². The Morgan fingerprint density at radius 3 is 1.90 bits per heavy atom. The van der Waals surface area contributed by atoms with Crippen LogP contribution in [-0.2, 0) is 23.9 Å². The van der Waals surface area contributed by atoms with Crippen LogP contribution in [0.3, 0.4) is 0 Å². The monoisotopic (exact) mass is 437 g/mol. The third-order valence-corrected chi connectivity index (χ3v) is 4.96. The topological polar surface area (TPSA) is 142 Å². The largest absolute Gasteiger partial charge is 0.480 e. The van der Waals surface area contributed by atoms with Crippen LogP contribution in [0.2, 0.25) is 0 Å². The number of carboxylic acid groups (broad SMARTS) is 1. The lowest BCUT2D eigenvalue weighted by Crippen LogP contribution is -2.42. The van der Waals surface area contributed by atoms with E-state index < -0.39 is 47.9 Å². The van der Waals surface area contributed by atoms with Crippen molar-refractivity contribution >= 4 is 23.9 Å². The number of esters is 3. The van der Waals surface area contributed by atoms with E-state index in [0.29, 0.717) is 5.56 Å². The maximum atomic E-state index is 11.9. The zero-order chi connectivity index (χ0) is 23.7. The molecule has 0 aromatic heterocycles. The number of carbonyl (C=O) groups is 4. The van der Waals surface area contributed by atoms with Crippen LogP contribution < -0.4 is 15.2 Å². The van der Waals surface area contributed by atoms with Crippen molar-refractivity contribution in [2.45, 2.75) is 71.9 Å². The number of carbonyl (C=O) groups excluding carboxylic acids is 3. The maximum Gasteiger partial charge on any atom is 0.321 e. The lowest BCUT2D eigenvalue weighted by atomic mass is 9.79. The van der Waals surface area contributed by atoms with Crippen LogP contribution in [0.5, 0.6) is 11.5 Å². The Labute approximate surface area is 181 Å². The van der Waals surface area contributed by atoms with Gasteiger partial charge in [-0.15, -0.1) is 0 Å². The quantitative estimate of drug-likeness (QED) is 0.394. The first-order chi connectivity index (χ1) is 14.5. The molecule has 0 aliphatic rings. The van der Waals surface area contributed by atoms with Crippen molar-refractivity contribution in [3.8, 4) is 11.5 Å². The summed E-state index contributed by atoms with van der Waals surface area (Å²) in [7, 11) is 0. The summed E-state index contributed by atoms with van der Waals surface area (Å²) in [5.74, 6) is -3.97. The Bertz CT molecular complexity index is 807. The molecule has 0 saturated carbocycles. The summed E-state index contributed by atoms with van der Waals surface area (Å²) in [4.78, 5) is 47.0. The molecule has 31 heavy (non-hydrogen) atoms. The molecule has 0 spiro atoms. The first-order valence-corrected chi connectivity index (χ1v) is 10.3. The smallest absolute Gasteiger partial charge is 0.321 e. The van der Waals surface area contributed by atoms with Gasteiger partial charge in [-0.1, -0.05) is 33.8 Å². The highest BCUT2D eigenvalue weighted by Crippen LogP contribution is 2.37. The Morgan fingerprint density at radius 1 is 0.903 bits per heavy atom. The molecule has 0 aliphatic heterocycles. The number of hydrogen-bond donors (Lipinski definition) is 2. The van der Waals surface area contributed by atoms with E-state index in [-0.39, 0.29) is 30.8 Å². The first-order valence-electron chi connectivity index (χ1n) is 10.3. The number of nitrogens with two attached hydrogens (primary N) is 1. The number of rotatable bonds is 11. The van der Waals surface area contributed by atoms with Gasteiger partial charge < -0.3 is 25.1 Å². The second kappa shape index (κ2) is 12.0. The molecule has 0 aliphatic carbocycles. The average Bonchev–Trinajstić information content (AvgIpc) is 2.74. The molecule has 0 fully saturated rings. The van der Waals surface area contributed by atoms with Crippen molar-refractivity contribution in [3.05, 3.63) is 23.8 Å². The molecule has 9 nitrogen and oxygen atoms in total. The van der Waals surface area contributed by atoms with Crippen LogP contribution in [0, 0.1) is 5.92 Å². The number of benzene rings is 1. The van der Waals surface area contributed by atoms with Gasteiger partial charge >= 0.3 is 23.9 Å². The highest BCUT2D eigenvalue weighted by molar-refractivity contribution is 5.77. The molecule has 0 bridgehead atoms.